The number of hydrogen-bond acceptors (Lipinski definition) is 7. The minimum absolute atomic E-state index is 0.0460. The van der Waals surface area contributed by atoms with E-state index in [0.717, 1.165) is 4.90 Å². The van der Waals surface area contributed by atoms with Crippen molar-refractivity contribution in [1.82, 2.24) is 5.32 Å². The van der Waals surface area contributed by atoms with Crippen LogP contribution in [0.1, 0.15) is 11.1 Å². The lowest BCUT2D eigenvalue weighted by Crippen LogP contribution is -2.54. The molecule has 3 aromatic carbocycles. The summed E-state index contributed by atoms with van der Waals surface area (Å²) in [5, 5.41) is 13.2. The molecule has 188 valence electrons. The summed E-state index contributed by atoms with van der Waals surface area (Å²) in [6.07, 6.45) is 1.35. The number of carbonyl (C=O) groups is 2. The van der Waals surface area contributed by atoms with Gasteiger partial charge in [-0.25, -0.2) is 9.29 Å². The number of ether oxygens (including phenoxy) is 2. The number of benzene rings is 3. The van der Waals surface area contributed by atoms with Gasteiger partial charge in [0.25, 0.3) is 17.5 Å². The van der Waals surface area contributed by atoms with Gasteiger partial charge >= 0.3 is 0 Å². The Morgan fingerprint density at radius 2 is 1.92 bits per heavy atom. The van der Waals surface area contributed by atoms with E-state index in [2.05, 4.69) is 5.32 Å². The average Bonchev–Trinajstić information content (AvgIpc) is 2.86. The summed E-state index contributed by atoms with van der Waals surface area (Å²) in [6.45, 7) is 0.0460. The Morgan fingerprint density at radius 1 is 1.16 bits per heavy atom. The zero-order valence-electron chi connectivity index (χ0n) is 19.1. The number of carbonyl (C=O) groups excluding carboxylic acids is 2. The molecule has 0 radical (unpaired) electrons. The third kappa shape index (κ3) is 5.59. The van der Waals surface area contributed by atoms with Gasteiger partial charge in [-0.15, -0.1) is 0 Å². The number of anilines is 1. The number of nitro groups is 1. The number of non-ortho nitro benzene ring substituents is 1. The van der Waals surface area contributed by atoms with Gasteiger partial charge in [0.15, 0.2) is 16.6 Å². The Bertz CT molecular complexity index is 1480. The fourth-order valence-corrected chi connectivity index (χ4v) is 4.61. The molecule has 0 aliphatic carbocycles. The Kier molecular flexibility index (Phi) is 7.78. The van der Waals surface area contributed by atoms with E-state index in [9.17, 15) is 24.1 Å². The second-order valence-corrected chi connectivity index (χ2v) is 9.21. The Labute approximate surface area is 229 Å². The van der Waals surface area contributed by atoms with Crippen molar-refractivity contribution in [3.8, 4) is 11.5 Å². The predicted molar refractivity (Wildman–Crippen MR) is 146 cm³/mol. The van der Waals surface area contributed by atoms with Crippen LogP contribution in [0.3, 0.4) is 0 Å². The number of hydrogen-bond donors (Lipinski definition) is 1. The first kappa shape index (κ1) is 26.2. The summed E-state index contributed by atoms with van der Waals surface area (Å²) in [5.41, 5.74) is 0.653. The SMILES string of the molecule is COc1cc(/C=C2\C(=O)NC(=S)N(c3ccccc3F)C2=O)cc(I)c1OCc1cccc([N+](=O)[O-])c1. The lowest BCUT2D eigenvalue weighted by Gasteiger charge is -2.29. The largest absolute Gasteiger partial charge is 0.493 e. The monoisotopic (exact) mass is 633 g/mol. The van der Waals surface area contributed by atoms with Crippen molar-refractivity contribution in [3.63, 3.8) is 0 Å². The van der Waals surface area contributed by atoms with Crippen molar-refractivity contribution in [2.75, 3.05) is 12.0 Å². The molecular weight excluding hydrogens is 616 g/mol. The van der Waals surface area contributed by atoms with Crippen LogP contribution in [0.5, 0.6) is 11.5 Å². The molecule has 37 heavy (non-hydrogen) atoms. The van der Waals surface area contributed by atoms with Gasteiger partial charge in [-0.1, -0.05) is 24.3 Å². The molecule has 1 fully saturated rings. The van der Waals surface area contributed by atoms with Crippen molar-refractivity contribution in [2.24, 2.45) is 0 Å². The van der Waals surface area contributed by atoms with Crippen LogP contribution in [0.15, 0.2) is 66.2 Å². The van der Waals surface area contributed by atoms with Gasteiger partial charge in [0.05, 0.1) is 21.3 Å². The minimum atomic E-state index is -0.779. The fraction of sp³-hybridized carbons (Fsp3) is 0.0800. The molecule has 3 aromatic rings. The number of methoxy groups -OCH3 is 1. The first-order valence-electron chi connectivity index (χ1n) is 10.6. The van der Waals surface area contributed by atoms with Crippen LogP contribution in [0.4, 0.5) is 15.8 Å². The summed E-state index contributed by atoms with van der Waals surface area (Å²) in [6, 6.07) is 14.9. The van der Waals surface area contributed by atoms with Crippen LogP contribution < -0.4 is 19.7 Å². The van der Waals surface area contributed by atoms with Gasteiger partial charge in [-0.2, -0.15) is 0 Å². The van der Waals surface area contributed by atoms with Crippen molar-refractivity contribution < 1.29 is 28.4 Å². The van der Waals surface area contributed by atoms with Gasteiger partial charge < -0.3 is 9.47 Å². The molecule has 0 unspecified atom stereocenters. The number of para-hydroxylation sites is 1. The second-order valence-electron chi connectivity index (χ2n) is 7.66. The Morgan fingerprint density at radius 3 is 2.62 bits per heavy atom. The summed E-state index contributed by atoms with van der Waals surface area (Å²) in [7, 11) is 1.43. The lowest BCUT2D eigenvalue weighted by atomic mass is 10.1. The van der Waals surface area contributed by atoms with E-state index in [4.69, 9.17) is 21.7 Å². The minimum Gasteiger partial charge on any atom is -0.493 e. The zero-order chi connectivity index (χ0) is 26.7. The number of thiocarbonyl (C=S) groups is 1. The lowest BCUT2D eigenvalue weighted by molar-refractivity contribution is -0.384. The molecule has 0 saturated carbocycles. The highest BCUT2D eigenvalue weighted by Gasteiger charge is 2.35. The molecular formula is C25H17FIN3O6S. The summed E-state index contributed by atoms with van der Waals surface area (Å²) >= 11 is 7.13. The maximum absolute atomic E-state index is 14.4. The number of halogens is 2. The predicted octanol–water partition coefficient (Wildman–Crippen LogP) is 4.76. The molecule has 1 saturated heterocycles. The van der Waals surface area contributed by atoms with Gasteiger partial charge in [0.1, 0.15) is 18.0 Å². The highest BCUT2D eigenvalue weighted by Crippen LogP contribution is 2.36. The molecule has 0 atom stereocenters. The first-order valence-corrected chi connectivity index (χ1v) is 12.1. The van der Waals surface area contributed by atoms with Gasteiger partial charge in [0, 0.05) is 12.1 Å². The number of nitrogens with one attached hydrogen (secondary N) is 1. The van der Waals surface area contributed by atoms with E-state index in [1.165, 1.54) is 43.5 Å². The van der Waals surface area contributed by atoms with Crippen molar-refractivity contribution >= 4 is 69.2 Å². The molecule has 1 aliphatic rings. The molecule has 4 rings (SSSR count). The highest BCUT2D eigenvalue weighted by molar-refractivity contribution is 14.1. The van der Waals surface area contributed by atoms with E-state index in [1.807, 2.05) is 22.6 Å². The number of nitro benzene ring substituents is 1. The molecule has 0 aromatic heterocycles. The molecule has 12 heteroatoms. The maximum Gasteiger partial charge on any atom is 0.270 e. The smallest absolute Gasteiger partial charge is 0.270 e. The van der Waals surface area contributed by atoms with Crippen LogP contribution in [0, 0.1) is 19.5 Å². The normalized spacial score (nSPS) is 14.5. The standard InChI is InChI=1S/C25H17FIN3O6S/c1-35-21-12-15(11-19(27)22(21)36-13-14-5-4-6-16(9-14)30(33)34)10-17-23(31)28-25(37)29(24(17)32)20-8-3-2-7-18(20)26/h2-12H,13H2,1H3,(H,28,31,37)/b17-10+. The molecule has 1 heterocycles. The third-order valence-corrected chi connectivity index (χ3v) is 6.35. The molecule has 2 amide bonds. The van der Waals surface area contributed by atoms with Gasteiger partial charge in [0.2, 0.25) is 0 Å². The fourth-order valence-electron chi connectivity index (χ4n) is 3.55. The molecule has 0 spiro atoms. The van der Waals surface area contributed by atoms with Crippen LogP contribution in [-0.2, 0) is 16.2 Å². The van der Waals surface area contributed by atoms with Gasteiger partial charge in [-0.05, 0) is 76.3 Å². The van der Waals surface area contributed by atoms with Crippen molar-refractivity contribution in [1.29, 1.82) is 0 Å². The summed E-state index contributed by atoms with van der Waals surface area (Å²) in [5.74, 6) is -1.48. The average molecular weight is 633 g/mol. The number of amides is 2. The van der Waals surface area contributed by atoms with Crippen LogP contribution in [0.2, 0.25) is 0 Å². The Balaban J connectivity index is 1.64. The topological polar surface area (TPSA) is 111 Å². The third-order valence-electron chi connectivity index (χ3n) is 5.26. The first-order chi connectivity index (χ1) is 17.7. The van der Waals surface area contributed by atoms with Crippen LogP contribution >= 0.6 is 34.8 Å². The van der Waals surface area contributed by atoms with Crippen molar-refractivity contribution in [3.05, 3.63) is 96.9 Å². The van der Waals surface area contributed by atoms with E-state index >= 15 is 0 Å². The van der Waals surface area contributed by atoms with E-state index in [1.54, 1.807) is 30.3 Å². The summed E-state index contributed by atoms with van der Waals surface area (Å²) in [4.78, 5) is 37.3. The molecule has 0 bridgehead atoms. The van der Waals surface area contributed by atoms with Crippen LogP contribution in [-0.4, -0.2) is 29.0 Å². The van der Waals surface area contributed by atoms with Crippen LogP contribution in [0.25, 0.3) is 6.08 Å². The quantitative estimate of drug-likeness (QED) is 0.0999. The molecule has 1 N–H and O–H groups in total. The van der Waals surface area contributed by atoms with E-state index in [-0.39, 0.29) is 28.7 Å². The van der Waals surface area contributed by atoms with E-state index < -0.39 is 22.6 Å². The molecule has 1 aliphatic heterocycles. The number of nitrogens with zero attached hydrogens (tertiary/aromatic N) is 2. The zero-order valence-corrected chi connectivity index (χ0v) is 22.0. The maximum atomic E-state index is 14.4. The van der Waals surface area contributed by atoms with E-state index in [0.29, 0.717) is 26.2 Å². The second kappa shape index (κ2) is 11.0. The van der Waals surface area contributed by atoms with Crippen molar-refractivity contribution in [2.45, 2.75) is 6.61 Å². The highest BCUT2D eigenvalue weighted by atomic mass is 127. The summed E-state index contributed by atoms with van der Waals surface area (Å²) < 4.78 is 26.3. The number of rotatable bonds is 7. The molecule has 9 nitrogen and oxygen atoms in total. The van der Waals surface area contributed by atoms with Gasteiger partial charge in [-0.3, -0.25) is 25.0 Å². The Hall–Kier alpha value is -3.91.